The molecule has 1 aromatic rings. The standard InChI is InChI=1S/C6H9N2O/c1-8-5-3-4-7-6(8)9-2/h3-5H,1-2H3/q+1. The lowest BCUT2D eigenvalue weighted by atomic mass is 10.7. The average molecular weight is 125 g/mol. The Morgan fingerprint density at radius 1 is 1.67 bits per heavy atom. The van der Waals surface area contributed by atoms with Gasteiger partial charge in [-0.2, -0.15) is 0 Å². The summed E-state index contributed by atoms with van der Waals surface area (Å²) in [5, 5.41) is 0. The molecule has 1 heterocycles. The molecule has 0 unspecified atom stereocenters. The number of hydrogen-bond donors (Lipinski definition) is 0. The number of aryl methyl sites for hydroxylation is 1. The first-order chi connectivity index (χ1) is 4.34. The van der Waals surface area contributed by atoms with Crippen molar-refractivity contribution in [2.45, 2.75) is 0 Å². The van der Waals surface area contributed by atoms with Crippen molar-refractivity contribution in [2.24, 2.45) is 7.05 Å². The first kappa shape index (κ1) is 6.01. The molecule has 0 fully saturated rings. The smallest absolute Gasteiger partial charge is 0.431 e. The van der Waals surface area contributed by atoms with Crippen LogP contribution in [0.3, 0.4) is 0 Å². The summed E-state index contributed by atoms with van der Waals surface area (Å²) in [6, 6.07) is 2.47. The van der Waals surface area contributed by atoms with Gasteiger partial charge in [0.05, 0.1) is 20.4 Å². The van der Waals surface area contributed by atoms with E-state index in [1.54, 1.807) is 17.9 Å². The van der Waals surface area contributed by atoms with Gasteiger partial charge in [0.2, 0.25) is 0 Å². The van der Waals surface area contributed by atoms with E-state index in [9.17, 15) is 0 Å². The second kappa shape index (κ2) is 2.44. The molecule has 0 aromatic carbocycles. The minimum atomic E-state index is 0.623. The summed E-state index contributed by atoms with van der Waals surface area (Å²) in [6.45, 7) is 0. The highest BCUT2D eigenvalue weighted by Gasteiger charge is 2.03. The number of hydrogen-bond acceptors (Lipinski definition) is 2. The monoisotopic (exact) mass is 125 g/mol. The van der Waals surface area contributed by atoms with Gasteiger partial charge in [-0.25, -0.2) is 4.57 Å². The molecule has 0 aliphatic carbocycles. The molecule has 0 bridgehead atoms. The van der Waals surface area contributed by atoms with Crippen LogP contribution in [0.2, 0.25) is 0 Å². The Labute approximate surface area is 53.9 Å². The average Bonchev–Trinajstić information content (AvgIpc) is 1.89. The summed E-state index contributed by atoms with van der Waals surface area (Å²) in [5.74, 6) is 0. The van der Waals surface area contributed by atoms with Crippen LogP contribution in [0.15, 0.2) is 18.5 Å². The van der Waals surface area contributed by atoms with E-state index in [4.69, 9.17) is 4.74 Å². The normalized spacial score (nSPS) is 9.11. The van der Waals surface area contributed by atoms with Crippen molar-refractivity contribution in [3.8, 4) is 6.01 Å². The molecular formula is C6H9N2O+. The van der Waals surface area contributed by atoms with Crippen LogP contribution in [-0.2, 0) is 7.05 Å². The van der Waals surface area contributed by atoms with Crippen molar-refractivity contribution in [3.05, 3.63) is 18.5 Å². The number of aromatic nitrogens is 2. The fourth-order valence-electron chi connectivity index (χ4n) is 0.626. The van der Waals surface area contributed by atoms with Gasteiger partial charge in [0.25, 0.3) is 0 Å². The van der Waals surface area contributed by atoms with E-state index in [1.165, 1.54) is 0 Å². The molecular weight excluding hydrogens is 116 g/mol. The van der Waals surface area contributed by atoms with E-state index in [0.717, 1.165) is 0 Å². The Kier molecular flexibility index (Phi) is 1.63. The van der Waals surface area contributed by atoms with Gasteiger partial charge in [-0.15, -0.1) is 0 Å². The maximum Gasteiger partial charge on any atom is 0.497 e. The second-order valence-electron chi connectivity index (χ2n) is 1.72. The lowest BCUT2D eigenvalue weighted by Crippen LogP contribution is -2.30. The zero-order valence-electron chi connectivity index (χ0n) is 5.53. The maximum atomic E-state index is 4.90. The van der Waals surface area contributed by atoms with Crippen molar-refractivity contribution in [1.29, 1.82) is 0 Å². The predicted molar refractivity (Wildman–Crippen MR) is 32.0 cm³/mol. The third-order valence-electron chi connectivity index (χ3n) is 1.07. The lowest BCUT2D eigenvalue weighted by Gasteiger charge is -1.91. The van der Waals surface area contributed by atoms with Gasteiger partial charge in [-0.05, 0) is 4.98 Å². The molecule has 0 spiro atoms. The van der Waals surface area contributed by atoms with Crippen molar-refractivity contribution < 1.29 is 9.30 Å². The number of nitrogens with zero attached hydrogens (tertiary/aromatic N) is 2. The van der Waals surface area contributed by atoms with Crippen LogP contribution in [0.25, 0.3) is 0 Å². The quantitative estimate of drug-likeness (QED) is 0.490. The second-order valence-corrected chi connectivity index (χ2v) is 1.72. The van der Waals surface area contributed by atoms with Gasteiger partial charge in [0.1, 0.15) is 6.20 Å². The molecule has 1 aromatic heterocycles. The van der Waals surface area contributed by atoms with Crippen LogP contribution in [0.4, 0.5) is 0 Å². The molecule has 0 atom stereocenters. The van der Waals surface area contributed by atoms with Gasteiger partial charge in [0, 0.05) is 6.07 Å². The van der Waals surface area contributed by atoms with Crippen molar-refractivity contribution in [2.75, 3.05) is 7.11 Å². The fourth-order valence-corrected chi connectivity index (χ4v) is 0.626. The third kappa shape index (κ3) is 1.16. The van der Waals surface area contributed by atoms with Crippen LogP contribution in [0, 0.1) is 0 Å². The molecule has 0 saturated heterocycles. The van der Waals surface area contributed by atoms with Crippen LogP contribution >= 0.6 is 0 Å². The molecule has 0 saturated carbocycles. The zero-order chi connectivity index (χ0) is 6.69. The van der Waals surface area contributed by atoms with E-state index >= 15 is 0 Å². The molecule has 3 heteroatoms. The van der Waals surface area contributed by atoms with E-state index < -0.39 is 0 Å². The number of rotatable bonds is 1. The SMILES string of the molecule is COc1nccc[n+]1C. The first-order valence-electron chi connectivity index (χ1n) is 2.69. The first-order valence-corrected chi connectivity index (χ1v) is 2.69. The number of methoxy groups -OCH3 is 1. The van der Waals surface area contributed by atoms with E-state index in [2.05, 4.69) is 4.98 Å². The van der Waals surface area contributed by atoms with Crippen molar-refractivity contribution in [3.63, 3.8) is 0 Å². The zero-order valence-corrected chi connectivity index (χ0v) is 5.53. The topological polar surface area (TPSA) is 26.0 Å². The van der Waals surface area contributed by atoms with Crippen LogP contribution in [0.5, 0.6) is 6.01 Å². The molecule has 3 nitrogen and oxygen atoms in total. The molecule has 0 N–H and O–H groups in total. The molecule has 0 aliphatic rings. The minimum absolute atomic E-state index is 0.623. The summed E-state index contributed by atoms with van der Waals surface area (Å²) < 4.78 is 6.70. The minimum Gasteiger partial charge on any atom is -0.431 e. The molecule has 0 radical (unpaired) electrons. The molecule has 0 aliphatic heterocycles. The third-order valence-corrected chi connectivity index (χ3v) is 1.07. The summed E-state index contributed by atoms with van der Waals surface area (Å²) in [7, 11) is 3.48. The largest absolute Gasteiger partial charge is 0.497 e. The molecule has 0 amide bonds. The Morgan fingerprint density at radius 2 is 2.44 bits per heavy atom. The van der Waals surface area contributed by atoms with Gasteiger partial charge in [-0.3, -0.25) is 0 Å². The Hall–Kier alpha value is -1.12. The van der Waals surface area contributed by atoms with Gasteiger partial charge >= 0.3 is 6.01 Å². The molecule has 1 rings (SSSR count). The summed E-state index contributed by atoms with van der Waals surface area (Å²) in [5.41, 5.74) is 0. The van der Waals surface area contributed by atoms with Gasteiger partial charge in [-0.1, -0.05) is 0 Å². The highest BCUT2D eigenvalue weighted by molar-refractivity contribution is 4.82. The van der Waals surface area contributed by atoms with E-state index in [0.29, 0.717) is 6.01 Å². The van der Waals surface area contributed by atoms with Crippen molar-refractivity contribution in [1.82, 2.24) is 4.98 Å². The Balaban J connectivity index is 3.01. The van der Waals surface area contributed by atoms with E-state index in [1.807, 2.05) is 19.3 Å². The highest BCUT2D eigenvalue weighted by Crippen LogP contribution is 1.90. The van der Waals surface area contributed by atoms with E-state index in [-0.39, 0.29) is 0 Å². The number of ether oxygens (including phenoxy) is 1. The molecule has 9 heavy (non-hydrogen) atoms. The van der Waals surface area contributed by atoms with Crippen LogP contribution < -0.4 is 9.30 Å². The van der Waals surface area contributed by atoms with Crippen molar-refractivity contribution >= 4 is 0 Å². The predicted octanol–water partition coefficient (Wildman–Crippen LogP) is -0.0853. The molecule has 48 valence electrons. The summed E-state index contributed by atoms with van der Waals surface area (Å²) in [6.07, 6.45) is 3.57. The Morgan fingerprint density at radius 3 is 2.89 bits per heavy atom. The van der Waals surface area contributed by atoms with Crippen LogP contribution in [0.1, 0.15) is 0 Å². The highest BCUT2D eigenvalue weighted by atomic mass is 16.5. The van der Waals surface area contributed by atoms with Gasteiger partial charge in [0.15, 0.2) is 0 Å². The maximum absolute atomic E-state index is 4.90. The lowest BCUT2D eigenvalue weighted by molar-refractivity contribution is -0.679. The summed E-state index contributed by atoms with van der Waals surface area (Å²) >= 11 is 0. The summed E-state index contributed by atoms with van der Waals surface area (Å²) in [4.78, 5) is 3.94. The van der Waals surface area contributed by atoms with Crippen LogP contribution in [-0.4, -0.2) is 12.1 Å². The van der Waals surface area contributed by atoms with Gasteiger partial charge < -0.3 is 4.74 Å². The Bertz CT molecular complexity index is 200. The fraction of sp³-hybridized carbons (Fsp3) is 0.333.